The smallest absolute Gasteiger partial charge is 0.391 e. The molecular formula is C21H21F6N3O3. The Bertz CT molecular complexity index is 1010. The lowest BCUT2D eigenvalue weighted by Crippen LogP contribution is -2.36. The number of nitrogens with zero attached hydrogens (tertiary/aromatic N) is 1. The number of carbonyl (C=O) groups is 1. The number of rotatable bonds is 8. The predicted octanol–water partition coefficient (Wildman–Crippen LogP) is 4.52. The molecule has 0 aliphatic carbocycles. The van der Waals surface area contributed by atoms with E-state index in [2.05, 4.69) is 16.0 Å². The van der Waals surface area contributed by atoms with Crippen molar-refractivity contribution in [2.24, 2.45) is 5.16 Å². The van der Waals surface area contributed by atoms with Crippen LogP contribution in [0.3, 0.4) is 0 Å². The molecular weight excluding hydrogens is 456 g/mol. The molecule has 0 saturated heterocycles. The molecule has 33 heavy (non-hydrogen) atoms. The maximum Gasteiger partial charge on any atom is 0.417 e. The van der Waals surface area contributed by atoms with Crippen molar-refractivity contribution in [1.29, 1.82) is 0 Å². The highest BCUT2D eigenvalue weighted by molar-refractivity contribution is 5.83. The fourth-order valence-corrected chi connectivity index (χ4v) is 3.00. The summed E-state index contributed by atoms with van der Waals surface area (Å²) < 4.78 is 78.1. The zero-order chi connectivity index (χ0) is 24.8. The third kappa shape index (κ3) is 6.68. The Morgan fingerprint density at radius 1 is 1.12 bits per heavy atom. The molecule has 2 N–H and O–H groups in total. The second-order valence-corrected chi connectivity index (χ2v) is 6.82. The van der Waals surface area contributed by atoms with Crippen molar-refractivity contribution < 1.29 is 40.8 Å². The summed E-state index contributed by atoms with van der Waals surface area (Å²) >= 11 is 0. The van der Waals surface area contributed by atoms with E-state index in [9.17, 15) is 31.1 Å². The van der Waals surface area contributed by atoms with Gasteiger partial charge in [0.1, 0.15) is 12.6 Å². The number of nitrogens with one attached hydrogen (secondary N) is 2. The van der Waals surface area contributed by atoms with Gasteiger partial charge in [-0.3, -0.25) is 4.79 Å². The van der Waals surface area contributed by atoms with Gasteiger partial charge in [-0.2, -0.15) is 31.8 Å². The minimum absolute atomic E-state index is 0.0190. The molecule has 0 radical (unpaired) electrons. The first kappa shape index (κ1) is 26.1. The van der Waals surface area contributed by atoms with Crippen LogP contribution >= 0.6 is 0 Å². The number of carbonyl (C=O) groups excluding carboxylic acids is 1. The second-order valence-electron chi connectivity index (χ2n) is 6.82. The van der Waals surface area contributed by atoms with Gasteiger partial charge in [-0.15, -0.1) is 0 Å². The Labute approximate surface area is 185 Å². The Hall–Kier alpha value is -3.12. The average Bonchev–Trinajstić information content (AvgIpc) is 2.74. The molecule has 0 saturated carbocycles. The highest BCUT2D eigenvalue weighted by Gasteiger charge is 2.37. The van der Waals surface area contributed by atoms with Gasteiger partial charge < -0.3 is 15.0 Å². The van der Waals surface area contributed by atoms with E-state index in [4.69, 9.17) is 9.68 Å². The number of aryl methyl sites for hydroxylation is 1. The van der Waals surface area contributed by atoms with Crippen LogP contribution in [0.4, 0.5) is 26.3 Å². The van der Waals surface area contributed by atoms with E-state index in [0.29, 0.717) is 35.0 Å². The molecule has 1 atom stereocenters. The van der Waals surface area contributed by atoms with Crippen LogP contribution < -0.4 is 10.8 Å². The number of amides is 1. The lowest BCUT2D eigenvalue weighted by Gasteiger charge is -2.20. The van der Waals surface area contributed by atoms with E-state index in [0.717, 1.165) is 0 Å². The van der Waals surface area contributed by atoms with Gasteiger partial charge in [0, 0.05) is 18.2 Å². The van der Waals surface area contributed by atoms with Crippen LogP contribution in [0.1, 0.15) is 39.4 Å². The second kappa shape index (κ2) is 10.7. The maximum atomic E-state index is 13.2. The van der Waals surface area contributed by atoms with Crippen LogP contribution in [0.5, 0.6) is 0 Å². The number of halogens is 6. The molecule has 1 amide bonds. The van der Waals surface area contributed by atoms with E-state index >= 15 is 0 Å². The Morgan fingerprint density at radius 2 is 1.82 bits per heavy atom. The largest absolute Gasteiger partial charge is 0.417 e. The third-order valence-electron chi connectivity index (χ3n) is 4.66. The van der Waals surface area contributed by atoms with E-state index in [1.54, 1.807) is 25.1 Å². The van der Waals surface area contributed by atoms with Crippen molar-refractivity contribution in [1.82, 2.24) is 10.8 Å². The summed E-state index contributed by atoms with van der Waals surface area (Å²) in [6.45, 7) is 1.51. The normalized spacial score (nSPS) is 13.2. The maximum absolute atomic E-state index is 13.2. The van der Waals surface area contributed by atoms with Crippen molar-refractivity contribution in [3.63, 3.8) is 0 Å². The molecule has 2 aromatic carbocycles. The van der Waals surface area contributed by atoms with Crippen LogP contribution in [-0.4, -0.2) is 26.3 Å². The fraction of sp³-hybridized carbons (Fsp3) is 0.333. The van der Waals surface area contributed by atoms with E-state index in [-0.39, 0.29) is 12.7 Å². The minimum atomic E-state index is -5.03. The van der Waals surface area contributed by atoms with Gasteiger partial charge >= 0.3 is 12.4 Å². The lowest BCUT2D eigenvalue weighted by atomic mass is 9.96. The van der Waals surface area contributed by atoms with Gasteiger partial charge in [-0.05, 0) is 30.2 Å². The zero-order valence-electron chi connectivity index (χ0n) is 17.8. The predicted molar refractivity (Wildman–Crippen MR) is 107 cm³/mol. The van der Waals surface area contributed by atoms with Gasteiger partial charge in [0.2, 0.25) is 5.91 Å². The SMILES string of the molecule is CNC(=O)C(NOC)c1cccc(C)c1CO/N=C/c1ccc(C(F)(F)F)cc1C(F)(F)F. The molecule has 12 heteroatoms. The Kier molecular flexibility index (Phi) is 8.45. The van der Waals surface area contributed by atoms with Gasteiger partial charge in [0.25, 0.3) is 0 Å². The van der Waals surface area contributed by atoms with Crippen LogP contribution in [0, 0.1) is 6.92 Å². The van der Waals surface area contributed by atoms with Gasteiger partial charge in [-0.25, -0.2) is 0 Å². The molecule has 0 fully saturated rings. The molecule has 0 bridgehead atoms. The topological polar surface area (TPSA) is 72.0 Å². The number of hydrogen-bond acceptors (Lipinski definition) is 5. The van der Waals surface area contributed by atoms with E-state index in [1.807, 2.05) is 0 Å². The van der Waals surface area contributed by atoms with Gasteiger partial charge in [-0.1, -0.05) is 29.4 Å². The molecule has 2 rings (SSSR count). The van der Waals surface area contributed by atoms with E-state index < -0.39 is 41.0 Å². The van der Waals surface area contributed by atoms with Crippen molar-refractivity contribution in [3.8, 4) is 0 Å². The molecule has 0 spiro atoms. The van der Waals surface area contributed by atoms with Crippen molar-refractivity contribution in [2.75, 3.05) is 14.2 Å². The van der Waals surface area contributed by atoms with Gasteiger partial charge in [0.05, 0.1) is 24.5 Å². The molecule has 0 aromatic heterocycles. The molecule has 1 unspecified atom stereocenters. The highest BCUT2D eigenvalue weighted by Crippen LogP contribution is 2.36. The van der Waals surface area contributed by atoms with Crippen molar-refractivity contribution >= 4 is 12.1 Å². The average molecular weight is 477 g/mol. The number of alkyl halides is 6. The molecule has 0 aliphatic rings. The number of likely N-dealkylation sites (N-methyl/N-ethyl adjacent to an activating group) is 1. The van der Waals surface area contributed by atoms with Crippen LogP contribution in [-0.2, 0) is 33.4 Å². The standard InChI is InChI=1S/C21H21F6N3O3/c1-12-5-4-6-15(18(30-32-3)19(31)28-2)16(12)11-33-29-10-13-7-8-14(20(22,23)24)9-17(13)21(25,26)27/h4-10,18,30H,11H2,1-3H3,(H,28,31)/b29-10+. The summed E-state index contributed by atoms with van der Waals surface area (Å²) in [6.07, 6.45) is -9.27. The first-order valence-electron chi connectivity index (χ1n) is 9.42. The summed E-state index contributed by atoms with van der Waals surface area (Å²) in [5.74, 6) is -0.410. The Morgan fingerprint density at radius 3 is 2.39 bits per heavy atom. The number of benzene rings is 2. The molecule has 180 valence electrons. The number of oxime groups is 1. The zero-order valence-corrected chi connectivity index (χ0v) is 17.8. The summed E-state index contributed by atoms with van der Waals surface area (Å²) in [4.78, 5) is 22.2. The minimum Gasteiger partial charge on any atom is -0.391 e. The van der Waals surface area contributed by atoms with Crippen LogP contribution in [0.2, 0.25) is 0 Å². The van der Waals surface area contributed by atoms with E-state index in [1.165, 1.54) is 14.2 Å². The highest BCUT2D eigenvalue weighted by atomic mass is 19.4. The van der Waals surface area contributed by atoms with Gasteiger partial charge in [0.15, 0.2) is 0 Å². The number of hydrogen-bond donors (Lipinski definition) is 2. The third-order valence-corrected chi connectivity index (χ3v) is 4.66. The Balaban J connectivity index is 2.29. The fourth-order valence-electron chi connectivity index (χ4n) is 3.00. The number of hydroxylamine groups is 1. The lowest BCUT2D eigenvalue weighted by molar-refractivity contribution is -0.143. The molecule has 0 aliphatic heterocycles. The molecule has 2 aromatic rings. The first-order chi connectivity index (χ1) is 15.4. The molecule has 0 heterocycles. The monoisotopic (exact) mass is 477 g/mol. The summed E-state index contributed by atoms with van der Waals surface area (Å²) in [7, 11) is 2.76. The summed E-state index contributed by atoms with van der Waals surface area (Å²) in [5.41, 5.74) is 0.753. The first-order valence-corrected chi connectivity index (χ1v) is 9.42. The van der Waals surface area contributed by atoms with Crippen molar-refractivity contribution in [3.05, 3.63) is 69.8 Å². The quantitative estimate of drug-likeness (QED) is 0.333. The summed E-state index contributed by atoms with van der Waals surface area (Å²) in [6, 6.07) is 5.38. The molecule has 6 nitrogen and oxygen atoms in total. The van der Waals surface area contributed by atoms with Crippen molar-refractivity contribution in [2.45, 2.75) is 31.9 Å². The van der Waals surface area contributed by atoms with Crippen LogP contribution in [0.25, 0.3) is 0 Å². The van der Waals surface area contributed by atoms with Crippen LogP contribution in [0.15, 0.2) is 41.6 Å². The summed E-state index contributed by atoms with van der Waals surface area (Å²) in [5, 5.41) is 5.98.